The van der Waals surface area contributed by atoms with Crippen molar-refractivity contribution in [1.29, 1.82) is 0 Å². The molecule has 0 N–H and O–H groups in total. The summed E-state index contributed by atoms with van der Waals surface area (Å²) in [5.74, 6) is 0. The van der Waals surface area contributed by atoms with Crippen LogP contribution in [0, 0.1) is 5.41 Å². The van der Waals surface area contributed by atoms with Gasteiger partial charge in [0.05, 0.1) is 13.2 Å². The third-order valence-electron chi connectivity index (χ3n) is 2.62. The molecule has 0 heterocycles. The SMILES string of the molecule is COCCN(CCCC(C)(C)C)CCOC. The highest BCUT2D eigenvalue weighted by molar-refractivity contribution is 4.64. The minimum Gasteiger partial charge on any atom is -0.383 e. The second-order valence-corrected chi connectivity index (χ2v) is 5.49. The Balaban J connectivity index is 3.72. The van der Waals surface area contributed by atoms with E-state index in [1.54, 1.807) is 14.2 Å². The molecule has 0 saturated carbocycles. The zero-order chi connectivity index (χ0) is 12.4. The third kappa shape index (κ3) is 10.4. The summed E-state index contributed by atoms with van der Waals surface area (Å²) in [6.45, 7) is 11.6. The topological polar surface area (TPSA) is 21.7 Å². The zero-order valence-corrected chi connectivity index (χ0v) is 11.7. The molecule has 0 spiro atoms. The first-order valence-corrected chi connectivity index (χ1v) is 6.20. The van der Waals surface area contributed by atoms with Gasteiger partial charge in [0.2, 0.25) is 0 Å². The second kappa shape index (κ2) is 8.97. The van der Waals surface area contributed by atoms with Crippen LogP contribution in [0.4, 0.5) is 0 Å². The molecule has 0 aliphatic heterocycles. The molecule has 0 bridgehead atoms. The first-order chi connectivity index (χ1) is 7.49. The molecule has 0 fully saturated rings. The molecule has 0 radical (unpaired) electrons. The fourth-order valence-electron chi connectivity index (χ4n) is 1.61. The molecule has 98 valence electrons. The molecule has 0 rings (SSSR count). The van der Waals surface area contributed by atoms with Crippen LogP contribution in [0.5, 0.6) is 0 Å². The van der Waals surface area contributed by atoms with Gasteiger partial charge in [0.1, 0.15) is 0 Å². The summed E-state index contributed by atoms with van der Waals surface area (Å²) in [6.07, 6.45) is 2.51. The van der Waals surface area contributed by atoms with Crippen molar-refractivity contribution in [3.63, 3.8) is 0 Å². The Labute approximate surface area is 101 Å². The maximum absolute atomic E-state index is 5.12. The fraction of sp³-hybridized carbons (Fsp3) is 1.00. The van der Waals surface area contributed by atoms with E-state index < -0.39 is 0 Å². The first-order valence-electron chi connectivity index (χ1n) is 6.20. The Morgan fingerprint density at radius 2 is 1.38 bits per heavy atom. The van der Waals surface area contributed by atoms with E-state index in [1.807, 2.05) is 0 Å². The summed E-state index contributed by atoms with van der Waals surface area (Å²) in [5.41, 5.74) is 0.439. The van der Waals surface area contributed by atoms with Gasteiger partial charge in [-0.3, -0.25) is 4.90 Å². The molecule has 3 heteroatoms. The lowest BCUT2D eigenvalue weighted by Gasteiger charge is -2.24. The van der Waals surface area contributed by atoms with Gasteiger partial charge in [-0.05, 0) is 24.8 Å². The van der Waals surface area contributed by atoms with E-state index in [1.165, 1.54) is 12.8 Å². The minimum atomic E-state index is 0.439. The van der Waals surface area contributed by atoms with Crippen LogP contribution < -0.4 is 0 Å². The highest BCUT2D eigenvalue weighted by Crippen LogP contribution is 2.20. The molecule has 0 saturated heterocycles. The van der Waals surface area contributed by atoms with E-state index in [0.717, 1.165) is 32.8 Å². The van der Waals surface area contributed by atoms with Crippen LogP contribution >= 0.6 is 0 Å². The monoisotopic (exact) mass is 231 g/mol. The van der Waals surface area contributed by atoms with Crippen LogP contribution in [0.3, 0.4) is 0 Å². The normalized spacial score (nSPS) is 12.4. The molecule has 0 aromatic carbocycles. The molecule has 0 aromatic rings. The molecule has 0 aliphatic rings. The average molecular weight is 231 g/mol. The Morgan fingerprint density at radius 3 is 1.75 bits per heavy atom. The number of rotatable bonds is 9. The van der Waals surface area contributed by atoms with Crippen molar-refractivity contribution in [1.82, 2.24) is 4.90 Å². The average Bonchev–Trinajstić information content (AvgIpc) is 2.19. The highest BCUT2D eigenvalue weighted by Gasteiger charge is 2.11. The van der Waals surface area contributed by atoms with E-state index in [2.05, 4.69) is 25.7 Å². The smallest absolute Gasteiger partial charge is 0.0589 e. The number of ether oxygens (including phenoxy) is 2. The van der Waals surface area contributed by atoms with E-state index in [-0.39, 0.29) is 0 Å². The summed E-state index contributed by atoms with van der Waals surface area (Å²) in [4.78, 5) is 2.42. The predicted octanol–water partition coefficient (Wildman–Crippen LogP) is 2.41. The molecule has 3 nitrogen and oxygen atoms in total. The second-order valence-electron chi connectivity index (χ2n) is 5.49. The number of nitrogens with zero attached hydrogens (tertiary/aromatic N) is 1. The quantitative estimate of drug-likeness (QED) is 0.608. The minimum absolute atomic E-state index is 0.439. The van der Waals surface area contributed by atoms with Crippen LogP contribution in [-0.2, 0) is 9.47 Å². The van der Waals surface area contributed by atoms with Gasteiger partial charge < -0.3 is 9.47 Å². The fourth-order valence-corrected chi connectivity index (χ4v) is 1.61. The van der Waals surface area contributed by atoms with Crippen LogP contribution in [0.1, 0.15) is 33.6 Å². The molecular weight excluding hydrogens is 202 g/mol. The van der Waals surface area contributed by atoms with E-state index in [9.17, 15) is 0 Å². The zero-order valence-electron chi connectivity index (χ0n) is 11.7. The highest BCUT2D eigenvalue weighted by atomic mass is 16.5. The summed E-state index contributed by atoms with van der Waals surface area (Å²) < 4.78 is 10.2. The molecule has 0 amide bonds. The summed E-state index contributed by atoms with van der Waals surface area (Å²) in [7, 11) is 3.51. The molecule has 0 unspecified atom stereocenters. The van der Waals surface area contributed by atoms with Crippen molar-refractivity contribution in [3.05, 3.63) is 0 Å². The van der Waals surface area contributed by atoms with E-state index >= 15 is 0 Å². The molecule has 0 aliphatic carbocycles. The van der Waals surface area contributed by atoms with Crippen molar-refractivity contribution < 1.29 is 9.47 Å². The maximum atomic E-state index is 5.12. The number of hydrogen-bond donors (Lipinski definition) is 0. The van der Waals surface area contributed by atoms with Crippen LogP contribution in [0.25, 0.3) is 0 Å². The number of hydrogen-bond acceptors (Lipinski definition) is 3. The maximum Gasteiger partial charge on any atom is 0.0589 e. The van der Waals surface area contributed by atoms with E-state index in [0.29, 0.717) is 5.41 Å². The largest absolute Gasteiger partial charge is 0.383 e. The van der Waals surface area contributed by atoms with Gasteiger partial charge in [-0.15, -0.1) is 0 Å². The van der Waals surface area contributed by atoms with Crippen molar-refractivity contribution in [3.8, 4) is 0 Å². The Bertz CT molecular complexity index is 147. The first kappa shape index (κ1) is 15.9. The molecule has 0 atom stereocenters. The van der Waals surface area contributed by atoms with Gasteiger partial charge in [-0.1, -0.05) is 20.8 Å². The van der Waals surface area contributed by atoms with Gasteiger partial charge in [-0.2, -0.15) is 0 Å². The van der Waals surface area contributed by atoms with Crippen LogP contribution in [0.15, 0.2) is 0 Å². The van der Waals surface area contributed by atoms with Crippen LogP contribution in [-0.4, -0.2) is 52.0 Å². The summed E-state index contributed by atoms with van der Waals surface area (Å²) in [6, 6.07) is 0. The lowest BCUT2D eigenvalue weighted by Crippen LogP contribution is -2.32. The van der Waals surface area contributed by atoms with Crippen molar-refractivity contribution >= 4 is 0 Å². The summed E-state index contributed by atoms with van der Waals surface area (Å²) in [5, 5.41) is 0. The van der Waals surface area contributed by atoms with Gasteiger partial charge in [-0.25, -0.2) is 0 Å². The number of methoxy groups -OCH3 is 2. The third-order valence-corrected chi connectivity index (χ3v) is 2.62. The van der Waals surface area contributed by atoms with Gasteiger partial charge in [0.25, 0.3) is 0 Å². The Hall–Kier alpha value is -0.120. The standard InChI is InChI=1S/C13H29NO2/c1-13(2,3)7-6-8-14(9-11-15-4)10-12-16-5/h6-12H2,1-5H3. The van der Waals surface area contributed by atoms with Gasteiger partial charge in [0.15, 0.2) is 0 Å². The Morgan fingerprint density at radius 1 is 0.875 bits per heavy atom. The van der Waals surface area contributed by atoms with Crippen molar-refractivity contribution in [2.45, 2.75) is 33.6 Å². The molecule has 16 heavy (non-hydrogen) atoms. The van der Waals surface area contributed by atoms with Gasteiger partial charge >= 0.3 is 0 Å². The van der Waals surface area contributed by atoms with Crippen molar-refractivity contribution in [2.24, 2.45) is 5.41 Å². The van der Waals surface area contributed by atoms with Crippen molar-refractivity contribution in [2.75, 3.05) is 47.1 Å². The lowest BCUT2D eigenvalue weighted by molar-refractivity contribution is 0.111. The van der Waals surface area contributed by atoms with E-state index in [4.69, 9.17) is 9.47 Å². The molecule has 0 aromatic heterocycles. The van der Waals surface area contributed by atoms with Gasteiger partial charge in [0, 0.05) is 27.3 Å². The molecular formula is C13H29NO2. The lowest BCUT2D eigenvalue weighted by atomic mass is 9.90. The Kier molecular flexibility index (Phi) is 8.90. The summed E-state index contributed by atoms with van der Waals surface area (Å²) >= 11 is 0. The van der Waals surface area contributed by atoms with Crippen LogP contribution in [0.2, 0.25) is 0 Å². The predicted molar refractivity (Wildman–Crippen MR) is 68.9 cm³/mol.